The zero-order valence-corrected chi connectivity index (χ0v) is 24.3. The third-order valence-electron chi connectivity index (χ3n) is 9.77. The molecule has 206 valence electrons. The fraction of sp³-hybridized carbons (Fsp3) is 0.667. The van der Waals surface area contributed by atoms with Crippen LogP contribution >= 0.6 is 0 Å². The van der Waals surface area contributed by atoms with Gasteiger partial charge in [0.05, 0.1) is 11.8 Å². The number of hydrogen-bond acceptors (Lipinski definition) is 5. The van der Waals surface area contributed by atoms with E-state index in [0.29, 0.717) is 12.1 Å². The van der Waals surface area contributed by atoms with Crippen LogP contribution in [-0.2, 0) is 20.3 Å². The summed E-state index contributed by atoms with van der Waals surface area (Å²) in [7, 11) is 0. The summed E-state index contributed by atoms with van der Waals surface area (Å²) in [5.74, 6) is 0.647. The number of hydrogen-bond donors (Lipinski definition) is 1. The summed E-state index contributed by atoms with van der Waals surface area (Å²) in [6.07, 6.45) is 8.66. The Morgan fingerprint density at radius 3 is 2.34 bits per heavy atom. The van der Waals surface area contributed by atoms with Crippen LogP contribution in [0.1, 0.15) is 97.6 Å². The normalized spacial score (nSPS) is 30.1. The van der Waals surface area contributed by atoms with Crippen molar-refractivity contribution in [1.82, 2.24) is 10.3 Å². The van der Waals surface area contributed by atoms with Gasteiger partial charge in [-0.25, -0.2) is 4.98 Å². The SMILES string of the molecule is CC1(C)OC2C(NC3CCN(c4cccc(-c5ccc6c(c5)C(C)(C)CCC6(C)C)n4)CC3)CCC[C@@H]2O1. The number of ether oxygens (including phenoxy) is 2. The van der Waals surface area contributed by atoms with Crippen molar-refractivity contribution in [3.63, 3.8) is 0 Å². The molecule has 38 heavy (non-hydrogen) atoms. The van der Waals surface area contributed by atoms with E-state index in [1.54, 1.807) is 0 Å². The zero-order chi connectivity index (χ0) is 26.7. The molecule has 1 aromatic heterocycles. The van der Waals surface area contributed by atoms with Crippen LogP contribution in [0.15, 0.2) is 36.4 Å². The number of aromatic nitrogens is 1. The molecule has 5 nitrogen and oxygen atoms in total. The van der Waals surface area contributed by atoms with Crippen LogP contribution in [0.5, 0.6) is 0 Å². The molecule has 1 aromatic carbocycles. The smallest absolute Gasteiger partial charge is 0.163 e. The van der Waals surface area contributed by atoms with E-state index >= 15 is 0 Å². The first kappa shape index (κ1) is 26.3. The first-order valence-electron chi connectivity index (χ1n) is 15.0. The average Bonchev–Trinajstić information content (AvgIpc) is 3.22. The Bertz CT molecular complexity index is 1160. The molecule has 3 heterocycles. The Kier molecular flexibility index (Phi) is 6.64. The average molecular weight is 518 g/mol. The minimum Gasteiger partial charge on any atom is -0.356 e. The van der Waals surface area contributed by atoms with Crippen molar-refractivity contribution in [2.75, 3.05) is 18.0 Å². The lowest BCUT2D eigenvalue weighted by Gasteiger charge is -2.42. The molecule has 2 aliphatic heterocycles. The van der Waals surface area contributed by atoms with Gasteiger partial charge in [0, 0.05) is 30.7 Å². The van der Waals surface area contributed by atoms with Gasteiger partial charge in [-0.15, -0.1) is 0 Å². The van der Waals surface area contributed by atoms with Gasteiger partial charge in [0.25, 0.3) is 0 Å². The van der Waals surface area contributed by atoms with Crippen LogP contribution in [0.25, 0.3) is 11.3 Å². The topological polar surface area (TPSA) is 46.6 Å². The molecule has 6 rings (SSSR count). The van der Waals surface area contributed by atoms with Crippen molar-refractivity contribution in [1.29, 1.82) is 0 Å². The summed E-state index contributed by atoms with van der Waals surface area (Å²) in [4.78, 5) is 7.64. The second-order valence-electron chi connectivity index (χ2n) is 14.0. The minimum absolute atomic E-state index is 0.183. The molecule has 0 radical (unpaired) electrons. The fourth-order valence-electron chi connectivity index (χ4n) is 7.39. The number of rotatable bonds is 4. The van der Waals surface area contributed by atoms with Crippen LogP contribution in [0.2, 0.25) is 0 Å². The van der Waals surface area contributed by atoms with Gasteiger partial charge < -0.3 is 19.7 Å². The van der Waals surface area contributed by atoms with Crippen molar-refractivity contribution >= 4 is 5.82 Å². The maximum Gasteiger partial charge on any atom is 0.163 e. The monoisotopic (exact) mass is 517 g/mol. The number of anilines is 1. The maximum absolute atomic E-state index is 6.31. The number of nitrogens with one attached hydrogen (secondary N) is 1. The molecule has 2 saturated heterocycles. The third-order valence-corrected chi connectivity index (χ3v) is 9.77. The van der Waals surface area contributed by atoms with E-state index < -0.39 is 5.79 Å². The highest BCUT2D eigenvalue weighted by atomic mass is 16.8. The predicted octanol–water partition coefficient (Wildman–Crippen LogP) is 6.73. The van der Waals surface area contributed by atoms with E-state index in [1.165, 1.54) is 42.4 Å². The Balaban J connectivity index is 1.13. The Morgan fingerprint density at radius 1 is 0.842 bits per heavy atom. The molecule has 1 saturated carbocycles. The summed E-state index contributed by atoms with van der Waals surface area (Å²) >= 11 is 0. The van der Waals surface area contributed by atoms with Gasteiger partial charge in [-0.1, -0.05) is 45.9 Å². The number of nitrogens with zero attached hydrogens (tertiary/aromatic N) is 2. The molecule has 2 aromatic rings. The van der Waals surface area contributed by atoms with Gasteiger partial charge in [0.2, 0.25) is 0 Å². The molecule has 0 spiro atoms. The molecule has 2 aliphatic carbocycles. The van der Waals surface area contributed by atoms with Crippen molar-refractivity contribution in [3.05, 3.63) is 47.5 Å². The number of benzene rings is 1. The number of piperidine rings is 1. The van der Waals surface area contributed by atoms with E-state index in [0.717, 1.165) is 43.9 Å². The van der Waals surface area contributed by atoms with E-state index in [-0.39, 0.29) is 23.0 Å². The first-order chi connectivity index (χ1) is 18.0. The molecular formula is C33H47N3O2. The second kappa shape index (κ2) is 9.60. The van der Waals surface area contributed by atoms with Gasteiger partial charge in [0.15, 0.2) is 5.79 Å². The quantitative estimate of drug-likeness (QED) is 0.487. The van der Waals surface area contributed by atoms with Crippen LogP contribution in [0.3, 0.4) is 0 Å². The lowest BCUT2D eigenvalue weighted by molar-refractivity contribution is -0.147. The summed E-state index contributed by atoms with van der Waals surface area (Å²) in [5.41, 5.74) is 5.77. The molecular weight excluding hydrogens is 470 g/mol. The second-order valence-corrected chi connectivity index (χ2v) is 14.0. The number of pyridine rings is 1. The van der Waals surface area contributed by atoms with Crippen molar-refractivity contribution < 1.29 is 9.47 Å². The molecule has 4 aliphatic rings. The molecule has 3 fully saturated rings. The molecule has 0 bridgehead atoms. The fourth-order valence-corrected chi connectivity index (χ4v) is 7.39. The van der Waals surface area contributed by atoms with Crippen molar-refractivity contribution in [2.24, 2.45) is 0 Å². The summed E-state index contributed by atoms with van der Waals surface area (Å²) in [6.45, 7) is 15.7. The Labute approximate surface area is 229 Å². The van der Waals surface area contributed by atoms with Gasteiger partial charge in [-0.3, -0.25) is 0 Å². The van der Waals surface area contributed by atoms with E-state index in [4.69, 9.17) is 14.5 Å². The van der Waals surface area contributed by atoms with Crippen molar-refractivity contribution in [2.45, 2.75) is 127 Å². The molecule has 2 unspecified atom stereocenters. The Morgan fingerprint density at radius 2 is 1.58 bits per heavy atom. The highest BCUT2D eigenvalue weighted by Crippen LogP contribution is 2.46. The van der Waals surface area contributed by atoms with E-state index in [1.807, 2.05) is 13.8 Å². The van der Waals surface area contributed by atoms with Crippen molar-refractivity contribution in [3.8, 4) is 11.3 Å². The first-order valence-corrected chi connectivity index (χ1v) is 15.0. The van der Waals surface area contributed by atoms with E-state index in [2.05, 4.69) is 74.3 Å². The molecule has 0 amide bonds. The van der Waals surface area contributed by atoms with Gasteiger partial charge in [-0.2, -0.15) is 0 Å². The van der Waals surface area contributed by atoms with Crippen LogP contribution in [-0.4, -0.2) is 48.2 Å². The molecule has 3 atom stereocenters. The molecule has 5 heteroatoms. The third kappa shape index (κ3) is 5.02. The van der Waals surface area contributed by atoms with Gasteiger partial charge >= 0.3 is 0 Å². The summed E-state index contributed by atoms with van der Waals surface area (Å²) in [5, 5.41) is 3.97. The highest BCUT2D eigenvalue weighted by molar-refractivity contribution is 5.65. The van der Waals surface area contributed by atoms with Crippen LogP contribution in [0, 0.1) is 0 Å². The lowest BCUT2D eigenvalue weighted by atomic mass is 9.63. The van der Waals surface area contributed by atoms with Crippen LogP contribution in [0.4, 0.5) is 5.82 Å². The number of fused-ring (bicyclic) bond motifs is 2. The summed E-state index contributed by atoms with van der Waals surface area (Å²) in [6, 6.07) is 14.5. The van der Waals surface area contributed by atoms with Gasteiger partial charge in [0.1, 0.15) is 11.9 Å². The highest BCUT2D eigenvalue weighted by Gasteiger charge is 2.47. The predicted molar refractivity (Wildman–Crippen MR) is 155 cm³/mol. The van der Waals surface area contributed by atoms with E-state index in [9.17, 15) is 0 Å². The zero-order valence-electron chi connectivity index (χ0n) is 24.3. The lowest BCUT2D eigenvalue weighted by Crippen LogP contribution is -2.54. The maximum atomic E-state index is 6.31. The minimum atomic E-state index is -0.455. The molecule has 1 N–H and O–H groups in total. The Hall–Kier alpha value is -1.95. The van der Waals surface area contributed by atoms with Crippen LogP contribution < -0.4 is 10.2 Å². The standard InChI is InChI=1S/C33H47N3O2/c1-31(2)17-18-32(3,4)25-21-22(13-14-24(25)31)26-9-8-12-29(35-26)36-19-15-23(16-20-36)34-27-10-7-11-28-30(27)38-33(5,6)37-28/h8-9,12-14,21,23,27-28,30,34H,7,10-11,15-20H2,1-6H3/t27?,28-,30?/m0/s1. The van der Waals surface area contributed by atoms with Gasteiger partial charge in [-0.05, 0) is 98.9 Å². The summed E-state index contributed by atoms with van der Waals surface area (Å²) < 4.78 is 12.5. The largest absolute Gasteiger partial charge is 0.356 e.